The fraction of sp³-hybridized carbons (Fsp3) is 1.00. The summed E-state index contributed by atoms with van der Waals surface area (Å²) in [6, 6.07) is 0. The molecule has 0 bridgehead atoms. The highest BCUT2D eigenvalue weighted by Gasteiger charge is 2.39. The summed E-state index contributed by atoms with van der Waals surface area (Å²) in [5.74, 6) is 0. The molecule has 1 rings (SSSR count). The van der Waals surface area contributed by atoms with Crippen LogP contribution in [0.25, 0.3) is 0 Å². The first-order valence-corrected chi connectivity index (χ1v) is 4.07. The molecular formula is C8H17NO. The van der Waals surface area contributed by atoms with E-state index in [9.17, 15) is 0 Å². The van der Waals surface area contributed by atoms with E-state index in [0.29, 0.717) is 6.61 Å². The first-order valence-electron chi connectivity index (χ1n) is 4.07. The van der Waals surface area contributed by atoms with E-state index >= 15 is 0 Å². The second kappa shape index (κ2) is 2.89. The van der Waals surface area contributed by atoms with Crippen molar-refractivity contribution in [2.45, 2.75) is 31.7 Å². The van der Waals surface area contributed by atoms with Crippen LogP contribution < -0.4 is 0 Å². The molecule has 0 spiro atoms. The van der Waals surface area contributed by atoms with Gasteiger partial charge in [0.25, 0.3) is 0 Å². The monoisotopic (exact) mass is 143 g/mol. The van der Waals surface area contributed by atoms with Gasteiger partial charge in [0, 0.05) is 5.54 Å². The molecule has 2 heteroatoms. The van der Waals surface area contributed by atoms with Crippen LogP contribution in [0.2, 0.25) is 0 Å². The van der Waals surface area contributed by atoms with Crippen molar-refractivity contribution in [2.24, 2.45) is 0 Å². The molecule has 0 saturated heterocycles. The van der Waals surface area contributed by atoms with Crippen molar-refractivity contribution >= 4 is 0 Å². The van der Waals surface area contributed by atoms with Crippen LogP contribution in [0.3, 0.4) is 0 Å². The maximum Gasteiger partial charge on any atom is 0.0615 e. The molecular weight excluding hydrogens is 126 g/mol. The van der Waals surface area contributed by atoms with Crippen molar-refractivity contribution in [3.63, 3.8) is 0 Å². The van der Waals surface area contributed by atoms with Crippen molar-refractivity contribution in [1.29, 1.82) is 0 Å². The van der Waals surface area contributed by atoms with Crippen LogP contribution >= 0.6 is 0 Å². The quantitative estimate of drug-likeness (QED) is 0.633. The van der Waals surface area contributed by atoms with Crippen molar-refractivity contribution in [2.75, 3.05) is 20.2 Å². The fourth-order valence-corrected chi connectivity index (χ4v) is 1.58. The molecule has 1 N–H and O–H groups in total. The predicted octanol–water partition coefficient (Wildman–Crippen LogP) is 0.853. The Morgan fingerprint density at radius 2 is 2.10 bits per heavy atom. The van der Waals surface area contributed by atoms with E-state index in [1.54, 1.807) is 0 Å². The highest BCUT2D eigenvalue weighted by molar-refractivity contribution is 4.95. The van der Waals surface area contributed by atoms with Crippen LogP contribution in [0, 0.1) is 0 Å². The fourth-order valence-electron chi connectivity index (χ4n) is 1.58. The molecule has 1 saturated carbocycles. The molecule has 0 aromatic rings. The first kappa shape index (κ1) is 8.02. The zero-order chi connectivity index (χ0) is 7.61. The first-order chi connectivity index (χ1) is 4.75. The number of aliphatic hydroxyl groups excluding tert-OH is 1. The third-order valence-corrected chi connectivity index (χ3v) is 2.86. The molecule has 0 unspecified atom stereocenters. The van der Waals surface area contributed by atoms with Gasteiger partial charge >= 0.3 is 0 Å². The van der Waals surface area contributed by atoms with Gasteiger partial charge in [-0.25, -0.2) is 0 Å². The van der Waals surface area contributed by atoms with E-state index in [-0.39, 0.29) is 5.54 Å². The summed E-state index contributed by atoms with van der Waals surface area (Å²) in [6.45, 7) is 3.51. The summed E-state index contributed by atoms with van der Waals surface area (Å²) in [4.78, 5) is 2.26. The van der Waals surface area contributed by atoms with E-state index in [1.165, 1.54) is 19.3 Å². The number of likely N-dealkylation sites (N-methyl/N-ethyl adjacent to an activating group) is 1. The van der Waals surface area contributed by atoms with Crippen LogP contribution in [0.1, 0.15) is 26.2 Å². The van der Waals surface area contributed by atoms with Gasteiger partial charge in [0.1, 0.15) is 0 Å². The third-order valence-electron chi connectivity index (χ3n) is 2.86. The lowest BCUT2D eigenvalue weighted by atomic mass is 9.76. The Kier molecular flexibility index (Phi) is 2.32. The van der Waals surface area contributed by atoms with E-state index in [0.717, 1.165) is 6.54 Å². The summed E-state index contributed by atoms with van der Waals surface area (Å²) >= 11 is 0. The minimum Gasteiger partial charge on any atom is -0.394 e. The van der Waals surface area contributed by atoms with Crippen LogP contribution in [-0.2, 0) is 0 Å². The summed E-state index contributed by atoms with van der Waals surface area (Å²) < 4.78 is 0. The molecule has 0 radical (unpaired) electrons. The van der Waals surface area contributed by atoms with E-state index in [2.05, 4.69) is 18.9 Å². The maximum absolute atomic E-state index is 9.10. The maximum atomic E-state index is 9.10. The third kappa shape index (κ3) is 1.06. The van der Waals surface area contributed by atoms with Gasteiger partial charge in [-0.1, -0.05) is 6.92 Å². The van der Waals surface area contributed by atoms with Gasteiger partial charge in [0.2, 0.25) is 0 Å². The molecule has 0 amide bonds. The van der Waals surface area contributed by atoms with Crippen LogP contribution in [0.5, 0.6) is 0 Å². The standard InChI is InChI=1S/C8H17NO/c1-3-9(2)8(7-10)5-4-6-8/h10H,3-7H2,1-2H3. The van der Waals surface area contributed by atoms with E-state index < -0.39 is 0 Å². The largest absolute Gasteiger partial charge is 0.394 e. The molecule has 0 aliphatic heterocycles. The molecule has 2 nitrogen and oxygen atoms in total. The summed E-state index contributed by atoms with van der Waals surface area (Å²) in [5, 5.41) is 9.10. The minimum atomic E-state index is 0.161. The van der Waals surface area contributed by atoms with Gasteiger partial charge in [-0.15, -0.1) is 0 Å². The van der Waals surface area contributed by atoms with Gasteiger partial charge in [0.05, 0.1) is 6.61 Å². The average Bonchev–Trinajstić information content (AvgIpc) is 1.86. The lowest BCUT2D eigenvalue weighted by molar-refractivity contribution is -0.00948. The average molecular weight is 143 g/mol. The number of aliphatic hydroxyl groups is 1. The van der Waals surface area contributed by atoms with Crippen molar-refractivity contribution in [3.05, 3.63) is 0 Å². The Balaban J connectivity index is 2.46. The molecule has 1 aliphatic carbocycles. The number of rotatable bonds is 3. The van der Waals surface area contributed by atoms with Crippen molar-refractivity contribution in [3.8, 4) is 0 Å². The number of hydrogen-bond donors (Lipinski definition) is 1. The normalized spacial score (nSPS) is 22.8. The van der Waals surface area contributed by atoms with E-state index in [1.807, 2.05) is 0 Å². The zero-order valence-electron chi connectivity index (χ0n) is 6.93. The minimum absolute atomic E-state index is 0.161. The Bertz CT molecular complexity index is 104. The van der Waals surface area contributed by atoms with Crippen LogP contribution in [0.15, 0.2) is 0 Å². The predicted molar refractivity (Wildman–Crippen MR) is 42.0 cm³/mol. The van der Waals surface area contributed by atoms with Crippen LogP contribution in [-0.4, -0.2) is 35.7 Å². The Hall–Kier alpha value is -0.0800. The number of hydrogen-bond acceptors (Lipinski definition) is 2. The molecule has 1 aliphatic rings. The SMILES string of the molecule is CCN(C)C1(CO)CCC1. The lowest BCUT2D eigenvalue weighted by Crippen LogP contribution is -2.54. The van der Waals surface area contributed by atoms with Crippen molar-refractivity contribution in [1.82, 2.24) is 4.90 Å². The highest BCUT2D eigenvalue weighted by Crippen LogP contribution is 2.35. The Labute approximate surface area is 62.8 Å². The lowest BCUT2D eigenvalue weighted by Gasteiger charge is -2.47. The molecule has 10 heavy (non-hydrogen) atoms. The topological polar surface area (TPSA) is 23.5 Å². The second-order valence-electron chi connectivity index (χ2n) is 3.25. The zero-order valence-corrected chi connectivity index (χ0v) is 6.93. The van der Waals surface area contributed by atoms with Gasteiger partial charge in [-0.2, -0.15) is 0 Å². The van der Waals surface area contributed by atoms with Crippen LogP contribution in [0.4, 0.5) is 0 Å². The smallest absolute Gasteiger partial charge is 0.0615 e. The van der Waals surface area contributed by atoms with Gasteiger partial charge in [0.15, 0.2) is 0 Å². The molecule has 0 heterocycles. The molecule has 0 atom stereocenters. The van der Waals surface area contributed by atoms with Gasteiger partial charge in [-0.05, 0) is 32.9 Å². The molecule has 1 fully saturated rings. The Morgan fingerprint density at radius 3 is 2.20 bits per heavy atom. The molecule has 0 aromatic heterocycles. The Morgan fingerprint density at radius 1 is 1.50 bits per heavy atom. The molecule has 0 aromatic carbocycles. The summed E-state index contributed by atoms with van der Waals surface area (Å²) in [5.41, 5.74) is 0.161. The van der Waals surface area contributed by atoms with Gasteiger partial charge in [-0.3, -0.25) is 4.90 Å². The molecule has 60 valence electrons. The summed E-state index contributed by atoms with van der Waals surface area (Å²) in [7, 11) is 2.09. The van der Waals surface area contributed by atoms with E-state index in [4.69, 9.17) is 5.11 Å². The highest BCUT2D eigenvalue weighted by atomic mass is 16.3. The number of nitrogens with zero attached hydrogens (tertiary/aromatic N) is 1. The second-order valence-corrected chi connectivity index (χ2v) is 3.25. The summed E-state index contributed by atoms with van der Waals surface area (Å²) in [6.07, 6.45) is 3.63. The van der Waals surface area contributed by atoms with Crippen molar-refractivity contribution < 1.29 is 5.11 Å². The van der Waals surface area contributed by atoms with Gasteiger partial charge < -0.3 is 5.11 Å².